The van der Waals surface area contributed by atoms with Crippen LogP contribution in [0, 0.1) is 5.82 Å². The van der Waals surface area contributed by atoms with E-state index in [-0.39, 0.29) is 17.6 Å². The van der Waals surface area contributed by atoms with Crippen LogP contribution in [0.1, 0.15) is 62.0 Å². The summed E-state index contributed by atoms with van der Waals surface area (Å²) < 4.78 is 21.6. The number of amides is 1. The van der Waals surface area contributed by atoms with Crippen LogP contribution in [0.25, 0.3) is 22.4 Å². The van der Waals surface area contributed by atoms with E-state index >= 15 is 0 Å². The molecule has 0 saturated carbocycles. The first kappa shape index (κ1) is 28.0. The highest BCUT2D eigenvalue weighted by Gasteiger charge is 2.33. The lowest BCUT2D eigenvalue weighted by Crippen LogP contribution is -2.41. The van der Waals surface area contributed by atoms with E-state index in [1.54, 1.807) is 12.1 Å². The zero-order valence-corrected chi connectivity index (χ0v) is 22.6. The van der Waals surface area contributed by atoms with Gasteiger partial charge in [-0.05, 0) is 60.6 Å². The van der Waals surface area contributed by atoms with Crippen molar-refractivity contribution in [1.29, 1.82) is 0 Å². The van der Waals surface area contributed by atoms with Gasteiger partial charge >= 0.3 is 0 Å². The maximum Gasteiger partial charge on any atom is 0.256 e. The number of halogens is 1. The average Bonchev–Trinajstić information content (AvgIpc) is 3.28. The van der Waals surface area contributed by atoms with E-state index in [2.05, 4.69) is 18.4 Å². The van der Waals surface area contributed by atoms with E-state index in [0.29, 0.717) is 57.7 Å². The van der Waals surface area contributed by atoms with Crippen LogP contribution in [0.5, 0.6) is 0 Å². The van der Waals surface area contributed by atoms with Crippen molar-refractivity contribution in [2.75, 3.05) is 26.3 Å². The summed E-state index contributed by atoms with van der Waals surface area (Å²) in [5, 5.41) is 20.8. The summed E-state index contributed by atoms with van der Waals surface area (Å²) in [7, 11) is 0. The first-order chi connectivity index (χ1) is 18.3. The number of aromatic nitrogens is 1. The molecule has 1 fully saturated rings. The summed E-state index contributed by atoms with van der Waals surface area (Å²) in [4.78, 5) is 16.1. The molecule has 1 aliphatic heterocycles. The Kier molecular flexibility index (Phi) is 9.36. The lowest BCUT2D eigenvalue weighted by Gasteiger charge is -2.28. The first-order valence-electron chi connectivity index (χ1n) is 13.6. The molecule has 204 valence electrons. The third-order valence-electron chi connectivity index (χ3n) is 7.24. The van der Waals surface area contributed by atoms with Crippen molar-refractivity contribution in [2.45, 2.75) is 64.7 Å². The molecule has 0 unspecified atom stereocenters. The van der Waals surface area contributed by atoms with Crippen LogP contribution >= 0.6 is 0 Å². The molecule has 2 atom stereocenters. The van der Waals surface area contributed by atoms with E-state index < -0.39 is 12.2 Å². The van der Waals surface area contributed by atoms with Crippen molar-refractivity contribution in [3.05, 3.63) is 71.7 Å². The molecular weight excluding hydrogens is 483 g/mol. The summed E-state index contributed by atoms with van der Waals surface area (Å²) in [6.07, 6.45) is 0.0426. The van der Waals surface area contributed by atoms with Crippen molar-refractivity contribution < 1.29 is 24.1 Å². The van der Waals surface area contributed by atoms with Crippen LogP contribution in [-0.4, -0.2) is 64.1 Å². The summed E-state index contributed by atoms with van der Waals surface area (Å²) in [6.45, 7) is 8.54. The molecule has 2 N–H and O–H groups in total. The predicted molar refractivity (Wildman–Crippen MR) is 148 cm³/mol. The van der Waals surface area contributed by atoms with Crippen LogP contribution in [0.2, 0.25) is 0 Å². The fourth-order valence-corrected chi connectivity index (χ4v) is 5.28. The van der Waals surface area contributed by atoms with Gasteiger partial charge in [0.25, 0.3) is 5.91 Å². The zero-order valence-electron chi connectivity index (χ0n) is 22.6. The van der Waals surface area contributed by atoms with Crippen LogP contribution in [0.3, 0.4) is 0 Å². The standard InChI is InChI=1S/C31H39FN2O4/c1-4-25(35)20-26(36)14-15-34-29(21(2)3)28(31(37)33-16-18-38-19-17-33)27(22-8-6-5-7-9-22)30(34)23-10-12-24(32)13-11-23/h5-13,21,25-26,35-36H,4,14-20H2,1-3H3/t25-,26-/m1/s1. The van der Waals surface area contributed by atoms with Crippen LogP contribution in [0.15, 0.2) is 54.6 Å². The number of aliphatic hydroxyl groups excluding tert-OH is 2. The lowest BCUT2D eigenvalue weighted by atomic mass is 9.94. The predicted octanol–water partition coefficient (Wildman–Crippen LogP) is 5.47. The number of morpholine rings is 1. The van der Waals surface area contributed by atoms with Crippen molar-refractivity contribution in [1.82, 2.24) is 9.47 Å². The Bertz CT molecular complexity index is 1200. The maximum atomic E-state index is 14.2. The Morgan fingerprint density at radius 2 is 1.63 bits per heavy atom. The van der Waals surface area contributed by atoms with Crippen molar-refractivity contribution in [3.8, 4) is 22.4 Å². The second-order valence-electron chi connectivity index (χ2n) is 10.3. The maximum absolute atomic E-state index is 14.2. The molecule has 0 bridgehead atoms. The monoisotopic (exact) mass is 522 g/mol. The van der Waals surface area contributed by atoms with Gasteiger partial charge in [-0.25, -0.2) is 4.39 Å². The lowest BCUT2D eigenvalue weighted by molar-refractivity contribution is 0.0302. The van der Waals surface area contributed by atoms with Crippen LogP contribution < -0.4 is 0 Å². The van der Waals surface area contributed by atoms with Gasteiger partial charge in [-0.3, -0.25) is 4.79 Å². The van der Waals surface area contributed by atoms with Crippen molar-refractivity contribution >= 4 is 5.91 Å². The number of benzene rings is 2. The first-order valence-corrected chi connectivity index (χ1v) is 13.6. The molecule has 6 nitrogen and oxygen atoms in total. The highest BCUT2D eigenvalue weighted by molar-refractivity contribution is 6.06. The fraction of sp³-hybridized carbons (Fsp3) is 0.452. The minimum atomic E-state index is -0.688. The fourth-order valence-electron chi connectivity index (χ4n) is 5.28. The van der Waals surface area contributed by atoms with Gasteiger partial charge in [0.15, 0.2) is 0 Å². The number of nitrogens with zero attached hydrogens (tertiary/aromatic N) is 2. The molecule has 1 aromatic heterocycles. The summed E-state index contributed by atoms with van der Waals surface area (Å²) >= 11 is 0. The van der Waals surface area contributed by atoms with E-state index in [4.69, 9.17) is 4.74 Å². The zero-order chi connectivity index (χ0) is 27.2. The number of rotatable bonds is 10. The molecule has 0 spiro atoms. The highest BCUT2D eigenvalue weighted by Crippen LogP contribution is 2.43. The molecular formula is C31H39FN2O4. The second-order valence-corrected chi connectivity index (χ2v) is 10.3. The molecule has 0 radical (unpaired) electrons. The number of hydrogen-bond donors (Lipinski definition) is 2. The molecule has 2 heterocycles. The van der Waals surface area contributed by atoms with Gasteiger partial charge in [-0.1, -0.05) is 51.1 Å². The van der Waals surface area contributed by atoms with E-state index in [9.17, 15) is 19.4 Å². The molecule has 38 heavy (non-hydrogen) atoms. The topological polar surface area (TPSA) is 74.9 Å². The number of aliphatic hydroxyl groups is 2. The van der Waals surface area contributed by atoms with Gasteiger partial charge < -0.3 is 24.4 Å². The Balaban J connectivity index is 1.94. The van der Waals surface area contributed by atoms with Crippen LogP contribution in [0.4, 0.5) is 4.39 Å². The quantitative estimate of drug-likeness (QED) is 0.370. The molecule has 4 rings (SSSR count). The number of ether oxygens (including phenoxy) is 1. The van der Waals surface area contributed by atoms with E-state index in [1.807, 2.05) is 42.2 Å². The van der Waals surface area contributed by atoms with Crippen molar-refractivity contribution in [3.63, 3.8) is 0 Å². The molecule has 1 aliphatic rings. The SMILES string of the molecule is CC[C@@H](O)C[C@H](O)CCn1c(-c2ccc(F)cc2)c(-c2ccccc2)c(C(=O)N2CCOCC2)c1C(C)C. The molecule has 2 aromatic carbocycles. The number of hydrogen-bond acceptors (Lipinski definition) is 4. The van der Waals surface area contributed by atoms with Crippen LogP contribution in [-0.2, 0) is 11.3 Å². The van der Waals surface area contributed by atoms with Gasteiger partial charge in [-0.2, -0.15) is 0 Å². The number of carbonyl (C=O) groups excluding carboxylic acids is 1. The van der Waals surface area contributed by atoms with E-state index in [0.717, 1.165) is 28.1 Å². The minimum absolute atomic E-state index is 0.00465. The third kappa shape index (κ3) is 6.17. The molecule has 1 saturated heterocycles. The normalized spacial score (nSPS) is 15.6. The Morgan fingerprint density at radius 3 is 2.24 bits per heavy atom. The van der Waals surface area contributed by atoms with Gasteiger partial charge in [0.2, 0.25) is 0 Å². The molecule has 3 aromatic rings. The van der Waals surface area contributed by atoms with Gasteiger partial charge in [0, 0.05) is 30.9 Å². The number of carbonyl (C=O) groups is 1. The van der Waals surface area contributed by atoms with Gasteiger partial charge in [0.05, 0.1) is 36.7 Å². The van der Waals surface area contributed by atoms with Gasteiger partial charge in [-0.15, -0.1) is 0 Å². The van der Waals surface area contributed by atoms with E-state index in [1.165, 1.54) is 12.1 Å². The Morgan fingerprint density at radius 1 is 0.974 bits per heavy atom. The smallest absolute Gasteiger partial charge is 0.256 e. The molecule has 7 heteroatoms. The third-order valence-corrected chi connectivity index (χ3v) is 7.24. The average molecular weight is 523 g/mol. The molecule has 1 amide bonds. The Hall–Kier alpha value is -3.00. The second kappa shape index (κ2) is 12.7. The Labute approximate surface area is 224 Å². The summed E-state index contributed by atoms with van der Waals surface area (Å²) in [6, 6.07) is 16.2. The largest absolute Gasteiger partial charge is 0.393 e. The van der Waals surface area contributed by atoms with Crippen molar-refractivity contribution in [2.24, 2.45) is 0 Å². The highest BCUT2D eigenvalue weighted by atomic mass is 19.1. The van der Waals surface area contributed by atoms with Gasteiger partial charge in [0.1, 0.15) is 5.82 Å². The summed E-state index contributed by atoms with van der Waals surface area (Å²) in [5.41, 5.74) is 4.90. The molecule has 0 aliphatic carbocycles. The summed E-state index contributed by atoms with van der Waals surface area (Å²) in [5.74, 6) is -0.365. The minimum Gasteiger partial charge on any atom is -0.393 e.